The summed E-state index contributed by atoms with van der Waals surface area (Å²) >= 11 is 0. The van der Waals surface area contributed by atoms with Crippen LogP contribution in [0.4, 0.5) is 0 Å². The first-order chi connectivity index (χ1) is 6.70. The van der Waals surface area contributed by atoms with E-state index in [0.29, 0.717) is 5.92 Å². The standard InChI is InChI=1S/C11H13N3/c1-8(2)9(3)10-6-13-11-7-12-4-5-14(10)11/h4-8H,3H2,1-2H3. The van der Waals surface area contributed by atoms with Crippen molar-refractivity contribution >= 4 is 11.2 Å². The van der Waals surface area contributed by atoms with Crippen molar-refractivity contribution in [3.05, 3.63) is 37.1 Å². The number of fused-ring (bicyclic) bond motifs is 1. The summed E-state index contributed by atoms with van der Waals surface area (Å²) in [5.41, 5.74) is 3.03. The maximum absolute atomic E-state index is 4.26. The maximum atomic E-state index is 4.26. The van der Waals surface area contributed by atoms with E-state index in [9.17, 15) is 0 Å². The second kappa shape index (κ2) is 3.25. The van der Waals surface area contributed by atoms with Crippen LogP contribution >= 0.6 is 0 Å². The van der Waals surface area contributed by atoms with Gasteiger partial charge in [0, 0.05) is 12.4 Å². The van der Waals surface area contributed by atoms with E-state index in [0.717, 1.165) is 16.9 Å². The molecule has 0 aromatic carbocycles. The van der Waals surface area contributed by atoms with Gasteiger partial charge in [-0.1, -0.05) is 20.4 Å². The first-order valence-electron chi connectivity index (χ1n) is 4.66. The molecule has 0 unspecified atom stereocenters. The first-order valence-corrected chi connectivity index (χ1v) is 4.66. The summed E-state index contributed by atoms with van der Waals surface area (Å²) in [5, 5.41) is 0. The number of hydrogen-bond donors (Lipinski definition) is 0. The van der Waals surface area contributed by atoms with Crippen LogP contribution in [0.1, 0.15) is 19.5 Å². The van der Waals surface area contributed by atoms with Gasteiger partial charge in [0.05, 0.1) is 18.1 Å². The molecule has 0 saturated heterocycles. The maximum Gasteiger partial charge on any atom is 0.155 e. The van der Waals surface area contributed by atoms with Crippen LogP contribution in [0, 0.1) is 5.92 Å². The van der Waals surface area contributed by atoms with Crippen LogP contribution in [-0.2, 0) is 0 Å². The lowest BCUT2D eigenvalue weighted by Crippen LogP contribution is -1.96. The van der Waals surface area contributed by atoms with Gasteiger partial charge in [0.25, 0.3) is 0 Å². The van der Waals surface area contributed by atoms with Gasteiger partial charge in [0.2, 0.25) is 0 Å². The van der Waals surface area contributed by atoms with Crippen molar-refractivity contribution in [2.75, 3.05) is 0 Å². The monoisotopic (exact) mass is 187 g/mol. The Morgan fingerprint density at radius 2 is 2.21 bits per heavy atom. The van der Waals surface area contributed by atoms with Crippen molar-refractivity contribution in [1.29, 1.82) is 0 Å². The van der Waals surface area contributed by atoms with Crippen molar-refractivity contribution in [1.82, 2.24) is 14.4 Å². The molecule has 0 aliphatic carbocycles. The van der Waals surface area contributed by atoms with Crippen LogP contribution < -0.4 is 0 Å². The van der Waals surface area contributed by atoms with Crippen LogP contribution in [0.2, 0.25) is 0 Å². The van der Waals surface area contributed by atoms with Gasteiger partial charge in [-0.2, -0.15) is 0 Å². The summed E-state index contributed by atoms with van der Waals surface area (Å²) in [6.45, 7) is 8.32. The molecule has 2 aromatic rings. The number of nitrogens with zero attached hydrogens (tertiary/aromatic N) is 3. The topological polar surface area (TPSA) is 30.2 Å². The molecule has 0 aliphatic rings. The average molecular weight is 187 g/mol. The van der Waals surface area contributed by atoms with Crippen LogP contribution in [0.15, 0.2) is 31.4 Å². The van der Waals surface area contributed by atoms with Gasteiger partial charge in [-0.3, -0.25) is 9.38 Å². The fourth-order valence-electron chi connectivity index (χ4n) is 1.38. The summed E-state index contributed by atoms with van der Waals surface area (Å²) in [6.07, 6.45) is 7.26. The molecule has 72 valence electrons. The number of imidazole rings is 1. The SMILES string of the molecule is C=C(c1cnc2cnccn12)C(C)C. The lowest BCUT2D eigenvalue weighted by Gasteiger charge is -2.08. The predicted molar refractivity (Wildman–Crippen MR) is 56.9 cm³/mol. The summed E-state index contributed by atoms with van der Waals surface area (Å²) in [7, 11) is 0. The van der Waals surface area contributed by atoms with Crippen LogP contribution in [0.5, 0.6) is 0 Å². The number of rotatable bonds is 2. The summed E-state index contributed by atoms with van der Waals surface area (Å²) < 4.78 is 2.01. The Balaban J connectivity index is 2.58. The minimum absolute atomic E-state index is 0.433. The van der Waals surface area contributed by atoms with Gasteiger partial charge in [0.15, 0.2) is 5.65 Å². The number of allylic oxidation sites excluding steroid dienone is 1. The lowest BCUT2D eigenvalue weighted by molar-refractivity contribution is 0.847. The van der Waals surface area contributed by atoms with Crippen molar-refractivity contribution in [2.24, 2.45) is 5.92 Å². The molecule has 14 heavy (non-hydrogen) atoms. The summed E-state index contributed by atoms with van der Waals surface area (Å²) in [4.78, 5) is 8.28. The fourth-order valence-corrected chi connectivity index (χ4v) is 1.38. The molecule has 0 aliphatic heterocycles. The van der Waals surface area contributed by atoms with E-state index in [1.54, 1.807) is 12.4 Å². The first kappa shape index (κ1) is 8.94. The molecule has 0 amide bonds. The molecule has 0 bridgehead atoms. The number of aromatic nitrogens is 3. The zero-order valence-electron chi connectivity index (χ0n) is 8.44. The highest BCUT2D eigenvalue weighted by Gasteiger charge is 2.08. The Hall–Kier alpha value is -1.64. The van der Waals surface area contributed by atoms with Crippen LogP contribution in [-0.4, -0.2) is 14.4 Å². The molecule has 3 nitrogen and oxygen atoms in total. The van der Waals surface area contributed by atoms with Crippen LogP contribution in [0.25, 0.3) is 11.2 Å². The number of hydrogen-bond acceptors (Lipinski definition) is 2. The fraction of sp³-hybridized carbons (Fsp3) is 0.273. The molecule has 0 spiro atoms. The molecule has 2 rings (SSSR count). The molecule has 0 radical (unpaired) electrons. The van der Waals surface area contributed by atoms with Gasteiger partial charge >= 0.3 is 0 Å². The molecule has 2 heterocycles. The van der Waals surface area contributed by atoms with E-state index in [1.807, 2.05) is 16.8 Å². The second-order valence-electron chi connectivity index (χ2n) is 3.63. The van der Waals surface area contributed by atoms with Gasteiger partial charge in [-0.15, -0.1) is 0 Å². The smallest absolute Gasteiger partial charge is 0.155 e. The third kappa shape index (κ3) is 1.31. The third-order valence-corrected chi connectivity index (χ3v) is 2.34. The molecule has 2 aromatic heterocycles. The van der Waals surface area contributed by atoms with Crippen LogP contribution in [0.3, 0.4) is 0 Å². The highest BCUT2D eigenvalue weighted by atomic mass is 15.0. The molecular formula is C11H13N3. The zero-order valence-corrected chi connectivity index (χ0v) is 8.44. The molecule has 3 heteroatoms. The highest BCUT2D eigenvalue weighted by molar-refractivity contribution is 5.64. The van der Waals surface area contributed by atoms with Gasteiger partial charge in [0.1, 0.15) is 0 Å². The summed E-state index contributed by atoms with van der Waals surface area (Å²) in [5.74, 6) is 0.433. The Morgan fingerprint density at radius 1 is 1.43 bits per heavy atom. The van der Waals surface area contributed by atoms with Gasteiger partial charge in [-0.05, 0) is 11.5 Å². The van der Waals surface area contributed by atoms with Crippen molar-refractivity contribution < 1.29 is 0 Å². The predicted octanol–water partition coefficient (Wildman–Crippen LogP) is 2.40. The minimum Gasteiger partial charge on any atom is -0.297 e. The molecule has 0 N–H and O–H groups in total. The zero-order chi connectivity index (χ0) is 10.1. The highest BCUT2D eigenvalue weighted by Crippen LogP contribution is 2.21. The lowest BCUT2D eigenvalue weighted by atomic mass is 10.0. The van der Waals surface area contributed by atoms with E-state index < -0.39 is 0 Å². The van der Waals surface area contributed by atoms with Crippen molar-refractivity contribution in [3.8, 4) is 0 Å². The normalized spacial score (nSPS) is 11.1. The quantitative estimate of drug-likeness (QED) is 0.722. The van der Waals surface area contributed by atoms with E-state index in [2.05, 4.69) is 30.4 Å². The van der Waals surface area contributed by atoms with Gasteiger partial charge < -0.3 is 0 Å². The molecule has 0 saturated carbocycles. The largest absolute Gasteiger partial charge is 0.297 e. The molecular weight excluding hydrogens is 174 g/mol. The van der Waals surface area contributed by atoms with Gasteiger partial charge in [-0.25, -0.2) is 4.98 Å². The summed E-state index contributed by atoms with van der Waals surface area (Å²) in [6, 6.07) is 0. The minimum atomic E-state index is 0.433. The van der Waals surface area contributed by atoms with E-state index in [1.165, 1.54) is 0 Å². The van der Waals surface area contributed by atoms with Crippen molar-refractivity contribution in [3.63, 3.8) is 0 Å². The second-order valence-corrected chi connectivity index (χ2v) is 3.63. The molecule has 0 atom stereocenters. The van der Waals surface area contributed by atoms with Crippen molar-refractivity contribution in [2.45, 2.75) is 13.8 Å². The third-order valence-electron chi connectivity index (χ3n) is 2.34. The Kier molecular flexibility index (Phi) is 2.08. The van der Waals surface area contributed by atoms with E-state index >= 15 is 0 Å². The Bertz CT molecular complexity index is 468. The van der Waals surface area contributed by atoms with E-state index in [4.69, 9.17) is 0 Å². The average Bonchev–Trinajstić information content (AvgIpc) is 2.60. The molecule has 0 fully saturated rings. The Morgan fingerprint density at radius 3 is 2.93 bits per heavy atom. The Labute approximate surface area is 83.1 Å². The van der Waals surface area contributed by atoms with E-state index in [-0.39, 0.29) is 0 Å².